The van der Waals surface area contributed by atoms with Crippen molar-refractivity contribution in [2.75, 3.05) is 37.7 Å². The van der Waals surface area contributed by atoms with Crippen molar-refractivity contribution in [1.82, 2.24) is 19.9 Å². The van der Waals surface area contributed by atoms with Crippen molar-refractivity contribution in [2.45, 2.75) is 57.9 Å². The highest BCUT2D eigenvalue weighted by molar-refractivity contribution is 6.36. The number of fused-ring (bicyclic) bond motifs is 5. The van der Waals surface area contributed by atoms with E-state index in [1.54, 1.807) is 6.20 Å². The Balaban J connectivity index is 1.24. The fourth-order valence-corrected chi connectivity index (χ4v) is 8.99. The molecule has 0 amide bonds. The van der Waals surface area contributed by atoms with E-state index in [-0.39, 0.29) is 28.2 Å². The van der Waals surface area contributed by atoms with Crippen molar-refractivity contribution in [3.63, 3.8) is 0 Å². The lowest BCUT2D eigenvalue weighted by molar-refractivity contribution is 0.107. The summed E-state index contributed by atoms with van der Waals surface area (Å²) >= 11 is 6.63. The number of aromatic nitrogens is 3. The van der Waals surface area contributed by atoms with Crippen molar-refractivity contribution in [1.29, 1.82) is 0 Å². The number of ether oxygens (including phenoxy) is 1. The summed E-state index contributed by atoms with van der Waals surface area (Å²) in [6.45, 7) is 9.23. The Morgan fingerprint density at radius 1 is 1.07 bits per heavy atom. The highest BCUT2D eigenvalue weighted by atomic mass is 35.5. The molecule has 218 valence electrons. The molecule has 8 rings (SSSR count). The van der Waals surface area contributed by atoms with Gasteiger partial charge in [0.15, 0.2) is 5.82 Å². The molecular formula is C34H37ClFN5O. The Labute approximate surface area is 251 Å². The topological polar surface area (TPSA) is 54.4 Å². The number of hydrogen-bond acceptors (Lipinski definition) is 6. The average Bonchev–Trinajstić information content (AvgIpc) is 3.59. The fourth-order valence-electron chi connectivity index (χ4n) is 8.71. The van der Waals surface area contributed by atoms with Crippen LogP contribution in [-0.4, -0.2) is 58.2 Å². The van der Waals surface area contributed by atoms with Gasteiger partial charge in [0, 0.05) is 41.8 Å². The third-order valence-corrected chi connectivity index (χ3v) is 10.6. The van der Waals surface area contributed by atoms with Gasteiger partial charge in [0.05, 0.1) is 10.9 Å². The van der Waals surface area contributed by atoms with Crippen molar-refractivity contribution >= 4 is 39.1 Å². The molecule has 0 radical (unpaired) electrons. The number of nitrogens with zero attached hydrogens (tertiary/aromatic N) is 5. The SMILES string of the molecule is CC1(C)CN2CCCC2(COc2nc(N3CC4CCC(C4)C3)c3cnc(-c4cccc5cccc(Cl)c45)c(F)c3n2)C1. The monoisotopic (exact) mass is 585 g/mol. The van der Waals surface area contributed by atoms with E-state index in [1.165, 1.54) is 25.7 Å². The number of rotatable bonds is 5. The van der Waals surface area contributed by atoms with Crippen LogP contribution in [0.3, 0.4) is 0 Å². The lowest BCUT2D eigenvalue weighted by Gasteiger charge is -2.34. The molecule has 3 aliphatic heterocycles. The van der Waals surface area contributed by atoms with Gasteiger partial charge in [0.2, 0.25) is 0 Å². The molecule has 6 nitrogen and oxygen atoms in total. The minimum atomic E-state index is -0.462. The van der Waals surface area contributed by atoms with Crippen LogP contribution in [0.15, 0.2) is 42.6 Å². The summed E-state index contributed by atoms with van der Waals surface area (Å²) in [5, 5.41) is 2.94. The molecule has 3 unspecified atom stereocenters. The van der Waals surface area contributed by atoms with Crippen LogP contribution in [0.2, 0.25) is 5.02 Å². The Morgan fingerprint density at radius 3 is 2.67 bits per heavy atom. The number of hydrogen-bond donors (Lipinski definition) is 0. The molecular weight excluding hydrogens is 549 g/mol. The predicted octanol–water partition coefficient (Wildman–Crippen LogP) is 7.52. The van der Waals surface area contributed by atoms with Gasteiger partial charge in [0.1, 0.15) is 23.6 Å². The quantitative estimate of drug-likeness (QED) is 0.241. The van der Waals surface area contributed by atoms with E-state index in [0.29, 0.717) is 34.4 Å². The first-order valence-electron chi connectivity index (χ1n) is 15.5. The zero-order chi connectivity index (χ0) is 28.6. The van der Waals surface area contributed by atoms with Gasteiger partial charge in [-0.1, -0.05) is 55.8 Å². The molecule has 5 heterocycles. The van der Waals surface area contributed by atoms with E-state index in [9.17, 15) is 0 Å². The lowest BCUT2D eigenvalue weighted by atomic mass is 9.83. The van der Waals surface area contributed by atoms with Gasteiger partial charge in [0.25, 0.3) is 0 Å². The first-order valence-corrected chi connectivity index (χ1v) is 15.8. The molecule has 4 fully saturated rings. The summed E-state index contributed by atoms with van der Waals surface area (Å²) in [7, 11) is 0. The summed E-state index contributed by atoms with van der Waals surface area (Å²) in [6, 6.07) is 11.8. The fraction of sp³-hybridized carbons (Fsp3) is 0.500. The molecule has 2 aromatic carbocycles. The number of pyridine rings is 1. The Hall–Kier alpha value is -3.03. The zero-order valence-corrected chi connectivity index (χ0v) is 25.1. The van der Waals surface area contributed by atoms with E-state index in [1.807, 2.05) is 36.4 Å². The molecule has 0 spiro atoms. The Kier molecular flexibility index (Phi) is 6.17. The molecule has 3 atom stereocenters. The van der Waals surface area contributed by atoms with E-state index in [2.05, 4.69) is 28.6 Å². The third-order valence-electron chi connectivity index (χ3n) is 10.3. The lowest BCUT2D eigenvalue weighted by Crippen LogP contribution is -2.43. The van der Waals surface area contributed by atoms with Gasteiger partial charge in [-0.05, 0) is 73.8 Å². The van der Waals surface area contributed by atoms with Gasteiger partial charge in [-0.3, -0.25) is 9.88 Å². The second-order valence-electron chi connectivity index (χ2n) is 14.0. The molecule has 42 heavy (non-hydrogen) atoms. The molecule has 1 saturated carbocycles. The van der Waals surface area contributed by atoms with Crippen LogP contribution in [0.1, 0.15) is 52.4 Å². The minimum Gasteiger partial charge on any atom is -0.461 e. The molecule has 2 aromatic heterocycles. The maximum absolute atomic E-state index is 16.7. The second-order valence-corrected chi connectivity index (χ2v) is 14.4. The molecule has 1 aliphatic carbocycles. The van der Waals surface area contributed by atoms with Gasteiger partial charge >= 0.3 is 6.01 Å². The maximum Gasteiger partial charge on any atom is 0.319 e. The standard InChI is InChI=1S/C34H37ClFN5O/c1-33(2)18-34(12-5-13-41(34)19-33)20-42-32-38-30-25(31(39-32)40-16-21-10-11-22(14-21)17-40)15-37-29(28(30)36)24-8-3-6-23-7-4-9-26(35)27(23)24/h3-4,6-9,15,21-22H,5,10-14,16-20H2,1-2H3. The third kappa shape index (κ3) is 4.34. The van der Waals surface area contributed by atoms with Crippen molar-refractivity contribution in [2.24, 2.45) is 17.3 Å². The van der Waals surface area contributed by atoms with Gasteiger partial charge in [-0.2, -0.15) is 9.97 Å². The second kappa shape index (κ2) is 9.75. The van der Waals surface area contributed by atoms with Crippen LogP contribution in [0.5, 0.6) is 6.01 Å². The molecule has 2 bridgehead atoms. The molecule has 0 N–H and O–H groups in total. The number of halogens is 2. The maximum atomic E-state index is 16.7. The van der Waals surface area contributed by atoms with Crippen molar-refractivity contribution in [3.05, 3.63) is 53.4 Å². The zero-order valence-electron chi connectivity index (χ0n) is 24.4. The largest absolute Gasteiger partial charge is 0.461 e. The number of benzene rings is 2. The highest BCUT2D eigenvalue weighted by Gasteiger charge is 2.52. The summed E-state index contributed by atoms with van der Waals surface area (Å²) in [5.74, 6) is 1.59. The first kappa shape index (κ1) is 26.6. The number of anilines is 1. The van der Waals surface area contributed by atoms with Crippen LogP contribution < -0.4 is 9.64 Å². The Bertz CT molecular complexity index is 1690. The Morgan fingerprint density at radius 2 is 1.86 bits per heavy atom. The van der Waals surface area contributed by atoms with Crippen LogP contribution in [-0.2, 0) is 0 Å². The first-order chi connectivity index (χ1) is 20.3. The van der Waals surface area contributed by atoms with Crippen molar-refractivity contribution in [3.8, 4) is 17.3 Å². The summed E-state index contributed by atoms with van der Waals surface area (Å²) < 4.78 is 23.2. The number of piperidine rings is 1. The molecule has 3 saturated heterocycles. The van der Waals surface area contributed by atoms with Crippen LogP contribution in [0.25, 0.3) is 32.9 Å². The normalized spacial score (nSPS) is 26.8. The van der Waals surface area contributed by atoms with E-state index < -0.39 is 5.82 Å². The molecule has 4 aromatic rings. The minimum absolute atomic E-state index is 0.00609. The van der Waals surface area contributed by atoms with E-state index in [4.69, 9.17) is 26.3 Å². The average molecular weight is 586 g/mol. The van der Waals surface area contributed by atoms with E-state index in [0.717, 1.165) is 55.6 Å². The smallest absolute Gasteiger partial charge is 0.319 e. The summed E-state index contributed by atoms with van der Waals surface area (Å²) in [4.78, 5) is 19.3. The van der Waals surface area contributed by atoms with Crippen LogP contribution in [0.4, 0.5) is 10.2 Å². The van der Waals surface area contributed by atoms with E-state index >= 15 is 4.39 Å². The van der Waals surface area contributed by atoms with Gasteiger partial charge < -0.3 is 9.64 Å². The van der Waals surface area contributed by atoms with Crippen molar-refractivity contribution < 1.29 is 9.13 Å². The predicted molar refractivity (Wildman–Crippen MR) is 166 cm³/mol. The van der Waals surface area contributed by atoms with Gasteiger partial charge in [-0.15, -0.1) is 0 Å². The van der Waals surface area contributed by atoms with Gasteiger partial charge in [-0.25, -0.2) is 4.39 Å². The molecule has 8 heteroatoms. The van der Waals surface area contributed by atoms with Crippen LogP contribution >= 0.6 is 11.6 Å². The molecule has 4 aliphatic rings. The highest BCUT2D eigenvalue weighted by Crippen LogP contribution is 2.48. The summed E-state index contributed by atoms with van der Waals surface area (Å²) in [6.07, 6.45) is 8.89. The summed E-state index contributed by atoms with van der Waals surface area (Å²) in [5.41, 5.74) is 1.40. The van der Waals surface area contributed by atoms with Crippen LogP contribution in [0, 0.1) is 23.1 Å².